The molecule has 0 spiro atoms. The SMILES string of the molecule is Cc1cccc(COc2ccccc2C=Nn2c(C3CCCCC3)nc3ccccc3c2=O)c1. The van der Waals surface area contributed by atoms with Crippen molar-refractivity contribution in [2.24, 2.45) is 5.10 Å². The molecule has 34 heavy (non-hydrogen) atoms. The summed E-state index contributed by atoms with van der Waals surface area (Å²) in [5.74, 6) is 1.74. The Morgan fingerprint density at radius 2 is 1.79 bits per heavy atom. The zero-order valence-corrected chi connectivity index (χ0v) is 19.5. The fraction of sp³-hybridized carbons (Fsp3) is 0.276. The van der Waals surface area contributed by atoms with E-state index in [2.05, 4.69) is 30.2 Å². The third-order valence-corrected chi connectivity index (χ3v) is 6.46. The van der Waals surface area contributed by atoms with Crippen molar-refractivity contribution in [3.63, 3.8) is 0 Å². The zero-order valence-electron chi connectivity index (χ0n) is 19.5. The van der Waals surface area contributed by atoms with E-state index in [1.807, 2.05) is 54.6 Å². The van der Waals surface area contributed by atoms with Crippen LogP contribution in [0.25, 0.3) is 10.9 Å². The molecular weight excluding hydrogens is 422 g/mol. The second kappa shape index (κ2) is 10.0. The molecule has 0 N–H and O–H groups in total. The molecule has 1 aromatic heterocycles. The van der Waals surface area contributed by atoms with E-state index in [9.17, 15) is 4.79 Å². The molecule has 4 aromatic rings. The summed E-state index contributed by atoms with van der Waals surface area (Å²) in [6.07, 6.45) is 7.35. The summed E-state index contributed by atoms with van der Waals surface area (Å²) in [7, 11) is 0. The number of rotatable bonds is 6. The molecule has 5 nitrogen and oxygen atoms in total. The standard InChI is InChI=1S/C29H29N3O2/c1-21-10-9-11-22(18-21)20-34-27-17-8-5-14-24(27)19-30-32-28(23-12-3-2-4-13-23)31-26-16-7-6-15-25(26)29(32)33/h5-11,14-19,23H,2-4,12-13,20H2,1H3. The van der Waals surface area contributed by atoms with Gasteiger partial charge in [0, 0.05) is 11.5 Å². The van der Waals surface area contributed by atoms with Crippen molar-refractivity contribution in [2.45, 2.75) is 51.6 Å². The molecule has 172 valence electrons. The number of aromatic nitrogens is 2. The first-order chi connectivity index (χ1) is 16.7. The van der Waals surface area contributed by atoms with Crippen molar-refractivity contribution in [1.29, 1.82) is 0 Å². The fourth-order valence-corrected chi connectivity index (χ4v) is 4.68. The van der Waals surface area contributed by atoms with Crippen molar-refractivity contribution >= 4 is 17.1 Å². The van der Waals surface area contributed by atoms with Crippen molar-refractivity contribution in [2.75, 3.05) is 0 Å². The Morgan fingerprint density at radius 1 is 1.00 bits per heavy atom. The molecule has 0 unspecified atom stereocenters. The summed E-state index contributed by atoms with van der Waals surface area (Å²) in [5, 5.41) is 5.25. The smallest absolute Gasteiger partial charge is 0.282 e. The number of aryl methyl sites for hydroxylation is 1. The summed E-state index contributed by atoms with van der Waals surface area (Å²) in [4.78, 5) is 18.3. The fourth-order valence-electron chi connectivity index (χ4n) is 4.68. The van der Waals surface area contributed by atoms with Crippen molar-refractivity contribution in [1.82, 2.24) is 9.66 Å². The second-order valence-corrected chi connectivity index (χ2v) is 9.00. The maximum Gasteiger partial charge on any atom is 0.282 e. The average molecular weight is 452 g/mol. The molecule has 1 aliphatic carbocycles. The summed E-state index contributed by atoms with van der Waals surface area (Å²) >= 11 is 0. The summed E-state index contributed by atoms with van der Waals surface area (Å²) in [5.41, 5.74) is 3.75. The molecular formula is C29H29N3O2. The third kappa shape index (κ3) is 4.79. The molecule has 1 heterocycles. The molecule has 1 fully saturated rings. The van der Waals surface area contributed by atoms with Crippen LogP contribution < -0.4 is 10.3 Å². The number of ether oxygens (including phenoxy) is 1. The maximum atomic E-state index is 13.4. The van der Waals surface area contributed by atoms with E-state index in [-0.39, 0.29) is 11.5 Å². The van der Waals surface area contributed by atoms with Gasteiger partial charge in [0.2, 0.25) is 0 Å². The lowest BCUT2D eigenvalue weighted by Gasteiger charge is -2.22. The number of para-hydroxylation sites is 2. The third-order valence-electron chi connectivity index (χ3n) is 6.46. The van der Waals surface area contributed by atoms with Crippen molar-refractivity contribution < 1.29 is 4.74 Å². The average Bonchev–Trinajstić information content (AvgIpc) is 2.88. The van der Waals surface area contributed by atoms with Crippen LogP contribution in [0.2, 0.25) is 0 Å². The number of fused-ring (bicyclic) bond motifs is 1. The molecule has 0 saturated heterocycles. The Kier molecular flexibility index (Phi) is 6.52. The van der Waals surface area contributed by atoms with Gasteiger partial charge in [0.25, 0.3) is 5.56 Å². The normalized spacial score (nSPS) is 14.6. The Balaban J connectivity index is 1.49. The summed E-state index contributed by atoms with van der Waals surface area (Å²) in [6.45, 7) is 2.54. The van der Waals surface area contributed by atoms with Gasteiger partial charge in [-0.3, -0.25) is 4.79 Å². The zero-order chi connectivity index (χ0) is 23.3. The van der Waals surface area contributed by atoms with Gasteiger partial charge in [0.1, 0.15) is 18.2 Å². The number of hydrogen-bond donors (Lipinski definition) is 0. The Bertz CT molecular complexity index is 1380. The number of nitrogens with zero attached hydrogens (tertiary/aromatic N) is 3. The van der Waals surface area contributed by atoms with Gasteiger partial charge < -0.3 is 4.74 Å². The highest BCUT2D eigenvalue weighted by atomic mass is 16.5. The molecule has 0 bridgehead atoms. The Morgan fingerprint density at radius 3 is 2.65 bits per heavy atom. The van der Waals surface area contributed by atoms with Crippen LogP contribution in [-0.2, 0) is 6.61 Å². The predicted octanol–water partition coefficient (Wildman–Crippen LogP) is 6.21. The highest BCUT2D eigenvalue weighted by Gasteiger charge is 2.22. The van der Waals surface area contributed by atoms with E-state index >= 15 is 0 Å². The minimum Gasteiger partial charge on any atom is -0.488 e. The van der Waals surface area contributed by atoms with Crippen LogP contribution in [0.4, 0.5) is 0 Å². The largest absolute Gasteiger partial charge is 0.488 e. The molecule has 0 radical (unpaired) electrons. The summed E-state index contributed by atoms with van der Waals surface area (Å²) in [6, 6.07) is 23.6. The van der Waals surface area contributed by atoms with Gasteiger partial charge in [-0.1, -0.05) is 73.4 Å². The van der Waals surface area contributed by atoms with Crippen LogP contribution in [0, 0.1) is 6.92 Å². The van der Waals surface area contributed by atoms with Crippen molar-refractivity contribution in [3.05, 3.63) is 106 Å². The van der Waals surface area contributed by atoms with E-state index in [1.165, 1.54) is 16.7 Å². The van der Waals surface area contributed by atoms with E-state index in [0.29, 0.717) is 12.0 Å². The molecule has 1 aliphatic rings. The molecule has 1 saturated carbocycles. The van der Waals surface area contributed by atoms with E-state index < -0.39 is 0 Å². The minimum atomic E-state index is -0.124. The van der Waals surface area contributed by atoms with E-state index in [1.54, 1.807) is 6.21 Å². The van der Waals surface area contributed by atoms with Gasteiger partial charge in [0.15, 0.2) is 0 Å². The maximum absolute atomic E-state index is 13.4. The number of hydrogen-bond acceptors (Lipinski definition) is 4. The van der Waals surface area contributed by atoms with Crippen LogP contribution in [0.15, 0.2) is 82.7 Å². The molecule has 3 aromatic carbocycles. The van der Waals surface area contributed by atoms with Gasteiger partial charge in [0.05, 0.1) is 17.1 Å². The quantitative estimate of drug-likeness (QED) is 0.327. The van der Waals surface area contributed by atoms with Crippen LogP contribution in [-0.4, -0.2) is 15.9 Å². The lowest BCUT2D eigenvalue weighted by Crippen LogP contribution is -2.25. The first kappa shape index (κ1) is 22.1. The molecule has 0 atom stereocenters. The molecule has 5 rings (SSSR count). The first-order valence-electron chi connectivity index (χ1n) is 12.0. The lowest BCUT2D eigenvalue weighted by molar-refractivity contribution is 0.305. The van der Waals surface area contributed by atoms with Crippen LogP contribution in [0.3, 0.4) is 0 Å². The van der Waals surface area contributed by atoms with Gasteiger partial charge in [-0.05, 0) is 49.6 Å². The first-order valence-corrected chi connectivity index (χ1v) is 12.0. The Hall–Kier alpha value is -3.73. The number of benzene rings is 3. The molecule has 5 heteroatoms. The van der Waals surface area contributed by atoms with Gasteiger partial charge in [-0.15, -0.1) is 0 Å². The lowest BCUT2D eigenvalue weighted by atomic mass is 9.88. The van der Waals surface area contributed by atoms with Gasteiger partial charge in [-0.2, -0.15) is 9.78 Å². The predicted molar refractivity (Wildman–Crippen MR) is 137 cm³/mol. The topological polar surface area (TPSA) is 56.5 Å². The monoisotopic (exact) mass is 451 g/mol. The highest BCUT2D eigenvalue weighted by molar-refractivity contribution is 5.83. The van der Waals surface area contributed by atoms with Gasteiger partial charge >= 0.3 is 0 Å². The van der Waals surface area contributed by atoms with Crippen LogP contribution >= 0.6 is 0 Å². The van der Waals surface area contributed by atoms with Gasteiger partial charge in [-0.25, -0.2) is 4.98 Å². The second-order valence-electron chi connectivity index (χ2n) is 9.00. The van der Waals surface area contributed by atoms with Crippen molar-refractivity contribution in [3.8, 4) is 5.75 Å². The minimum absolute atomic E-state index is 0.124. The summed E-state index contributed by atoms with van der Waals surface area (Å²) < 4.78 is 7.63. The molecule has 0 aliphatic heterocycles. The molecule has 0 amide bonds. The Labute approximate surface area is 199 Å². The van der Waals surface area contributed by atoms with Crippen LogP contribution in [0.1, 0.15) is 60.5 Å². The highest BCUT2D eigenvalue weighted by Crippen LogP contribution is 2.31. The van der Waals surface area contributed by atoms with Crippen LogP contribution in [0.5, 0.6) is 5.75 Å². The van der Waals surface area contributed by atoms with E-state index in [0.717, 1.165) is 53.9 Å². The van der Waals surface area contributed by atoms with E-state index in [4.69, 9.17) is 9.72 Å².